The second-order valence-electron chi connectivity index (χ2n) is 3.86. The third kappa shape index (κ3) is 1.98. The van der Waals surface area contributed by atoms with E-state index in [4.69, 9.17) is 5.73 Å². The second-order valence-corrected chi connectivity index (χ2v) is 3.86. The van der Waals surface area contributed by atoms with Gasteiger partial charge in [0.1, 0.15) is 0 Å². The SMILES string of the molecule is Nc1n[nH]c(-c2nc3ccc(C(F)(F)F)cc3[nH]2)n1. The lowest BCUT2D eigenvalue weighted by atomic mass is 10.2. The number of imidazole rings is 1. The zero-order valence-electron chi connectivity index (χ0n) is 9.28. The zero-order valence-corrected chi connectivity index (χ0v) is 9.28. The van der Waals surface area contributed by atoms with Gasteiger partial charge in [-0.1, -0.05) is 0 Å². The largest absolute Gasteiger partial charge is 0.416 e. The minimum atomic E-state index is -4.39. The number of nitrogens with zero attached hydrogens (tertiary/aromatic N) is 3. The number of aromatic amines is 2. The Bertz CT molecular complexity index is 741. The summed E-state index contributed by atoms with van der Waals surface area (Å²) in [6.45, 7) is 0. The van der Waals surface area contributed by atoms with Gasteiger partial charge in [-0.2, -0.15) is 18.2 Å². The minimum absolute atomic E-state index is 0.0337. The van der Waals surface area contributed by atoms with Gasteiger partial charge >= 0.3 is 6.18 Å². The van der Waals surface area contributed by atoms with Crippen LogP contribution in [0.25, 0.3) is 22.7 Å². The average molecular weight is 268 g/mol. The van der Waals surface area contributed by atoms with Crippen molar-refractivity contribution >= 4 is 17.0 Å². The number of H-pyrrole nitrogens is 2. The summed E-state index contributed by atoms with van der Waals surface area (Å²) in [4.78, 5) is 10.7. The number of halogens is 3. The van der Waals surface area contributed by atoms with E-state index in [0.717, 1.165) is 12.1 Å². The van der Waals surface area contributed by atoms with E-state index in [2.05, 4.69) is 25.1 Å². The van der Waals surface area contributed by atoms with Gasteiger partial charge < -0.3 is 10.7 Å². The quantitative estimate of drug-likeness (QED) is 0.628. The van der Waals surface area contributed by atoms with Crippen LogP contribution in [-0.2, 0) is 6.18 Å². The van der Waals surface area contributed by atoms with Crippen LogP contribution in [0.2, 0.25) is 0 Å². The van der Waals surface area contributed by atoms with Crippen LogP contribution >= 0.6 is 0 Å². The Morgan fingerprint density at radius 3 is 2.53 bits per heavy atom. The number of alkyl halides is 3. The lowest BCUT2D eigenvalue weighted by molar-refractivity contribution is -0.137. The van der Waals surface area contributed by atoms with Gasteiger partial charge in [-0.05, 0) is 18.2 Å². The van der Waals surface area contributed by atoms with Crippen LogP contribution in [-0.4, -0.2) is 25.1 Å². The fraction of sp³-hybridized carbons (Fsp3) is 0.100. The van der Waals surface area contributed by atoms with E-state index in [9.17, 15) is 13.2 Å². The number of hydrogen-bond acceptors (Lipinski definition) is 4. The zero-order chi connectivity index (χ0) is 13.6. The first-order chi connectivity index (χ1) is 8.93. The lowest BCUT2D eigenvalue weighted by Gasteiger charge is -2.04. The van der Waals surface area contributed by atoms with E-state index in [1.165, 1.54) is 6.07 Å². The summed E-state index contributed by atoms with van der Waals surface area (Å²) in [5, 5.41) is 6.15. The molecule has 4 N–H and O–H groups in total. The van der Waals surface area contributed by atoms with Crippen LogP contribution in [0.1, 0.15) is 5.56 Å². The number of fused-ring (bicyclic) bond motifs is 1. The summed E-state index contributed by atoms with van der Waals surface area (Å²) in [6.07, 6.45) is -4.39. The molecule has 0 saturated heterocycles. The maximum absolute atomic E-state index is 12.6. The smallest absolute Gasteiger partial charge is 0.366 e. The van der Waals surface area contributed by atoms with Gasteiger partial charge in [0, 0.05) is 0 Å². The Balaban J connectivity index is 2.11. The maximum Gasteiger partial charge on any atom is 0.416 e. The van der Waals surface area contributed by atoms with Gasteiger partial charge in [-0.25, -0.2) is 4.98 Å². The highest BCUT2D eigenvalue weighted by Crippen LogP contribution is 2.31. The molecule has 0 saturated carbocycles. The molecule has 0 aliphatic carbocycles. The number of hydrogen-bond donors (Lipinski definition) is 3. The van der Waals surface area contributed by atoms with E-state index >= 15 is 0 Å². The average Bonchev–Trinajstić information content (AvgIpc) is 2.92. The van der Waals surface area contributed by atoms with E-state index < -0.39 is 11.7 Å². The highest BCUT2D eigenvalue weighted by Gasteiger charge is 2.30. The molecule has 3 rings (SSSR count). The molecule has 6 nitrogen and oxygen atoms in total. The van der Waals surface area contributed by atoms with E-state index in [1.54, 1.807) is 0 Å². The summed E-state index contributed by atoms with van der Waals surface area (Å²) < 4.78 is 37.7. The molecule has 0 aliphatic rings. The predicted molar refractivity (Wildman–Crippen MR) is 60.9 cm³/mol. The van der Waals surface area contributed by atoms with Gasteiger partial charge in [-0.15, -0.1) is 5.10 Å². The van der Waals surface area contributed by atoms with Crippen molar-refractivity contribution < 1.29 is 13.2 Å². The molecule has 98 valence electrons. The minimum Gasteiger partial charge on any atom is -0.366 e. The molecule has 0 fully saturated rings. The van der Waals surface area contributed by atoms with Crippen molar-refractivity contribution in [3.05, 3.63) is 23.8 Å². The van der Waals surface area contributed by atoms with E-state index in [0.29, 0.717) is 5.52 Å². The van der Waals surface area contributed by atoms with Crippen LogP contribution in [0.3, 0.4) is 0 Å². The lowest BCUT2D eigenvalue weighted by Crippen LogP contribution is -2.04. The van der Waals surface area contributed by atoms with Crippen molar-refractivity contribution in [2.24, 2.45) is 0 Å². The molecule has 2 heterocycles. The molecule has 2 aromatic heterocycles. The van der Waals surface area contributed by atoms with Crippen molar-refractivity contribution in [1.29, 1.82) is 0 Å². The highest BCUT2D eigenvalue weighted by molar-refractivity contribution is 5.79. The van der Waals surface area contributed by atoms with E-state index in [1.807, 2.05) is 0 Å². The van der Waals surface area contributed by atoms with Crippen molar-refractivity contribution in [3.8, 4) is 11.6 Å². The molecule has 0 spiro atoms. The number of nitrogens with two attached hydrogens (primary N) is 1. The van der Waals surface area contributed by atoms with Crippen LogP contribution in [0.5, 0.6) is 0 Å². The molecule has 3 aromatic rings. The Morgan fingerprint density at radius 1 is 1.11 bits per heavy atom. The normalized spacial score (nSPS) is 12.2. The number of benzene rings is 1. The Hall–Kier alpha value is -2.58. The third-order valence-electron chi connectivity index (χ3n) is 2.54. The fourth-order valence-corrected chi connectivity index (χ4v) is 1.68. The molecule has 0 unspecified atom stereocenters. The topological polar surface area (TPSA) is 96.3 Å². The maximum atomic E-state index is 12.6. The third-order valence-corrected chi connectivity index (χ3v) is 2.54. The molecule has 19 heavy (non-hydrogen) atoms. The first-order valence-corrected chi connectivity index (χ1v) is 5.19. The highest BCUT2D eigenvalue weighted by atomic mass is 19.4. The Morgan fingerprint density at radius 2 is 1.89 bits per heavy atom. The predicted octanol–water partition coefficient (Wildman–Crippen LogP) is 1.95. The number of nitrogens with one attached hydrogen (secondary N) is 2. The van der Waals surface area contributed by atoms with Gasteiger partial charge in [-0.3, -0.25) is 5.10 Å². The van der Waals surface area contributed by atoms with Gasteiger partial charge in [0.05, 0.1) is 16.6 Å². The molecular weight excluding hydrogens is 261 g/mol. The van der Waals surface area contributed by atoms with Crippen molar-refractivity contribution in [3.63, 3.8) is 0 Å². The Kier molecular flexibility index (Phi) is 2.24. The molecule has 0 radical (unpaired) electrons. The first kappa shape index (κ1) is 11.5. The number of aromatic nitrogens is 5. The van der Waals surface area contributed by atoms with E-state index in [-0.39, 0.29) is 23.1 Å². The number of anilines is 1. The molecule has 0 atom stereocenters. The van der Waals surface area contributed by atoms with Crippen LogP contribution < -0.4 is 5.73 Å². The molecule has 1 aromatic carbocycles. The monoisotopic (exact) mass is 268 g/mol. The van der Waals surface area contributed by atoms with Gasteiger partial charge in [0.15, 0.2) is 11.6 Å². The fourth-order valence-electron chi connectivity index (χ4n) is 1.68. The molecule has 0 aliphatic heterocycles. The standard InChI is InChI=1S/C10H7F3N6/c11-10(12,13)4-1-2-5-6(3-4)16-7(15-5)8-17-9(14)19-18-8/h1-3H,(H,15,16)(H3,14,17,18,19). The summed E-state index contributed by atoms with van der Waals surface area (Å²) >= 11 is 0. The molecule has 0 amide bonds. The van der Waals surface area contributed by atoms with Gasteiger partial charge in [0.2, 0.25) is 5.95 Å². The first-order valence-electron chi connectivity index (χ1n) is 5.19. The van der Waals surface area contributed by atoms with Gasteiger partial charge in [0.25, 0.3) is 0 Å². The molecule has 0 bridgehead atoms. The van der Waals surface area contributed by atoms with Crippen molar-refractivity contribution in [2.45, 2.75) is 6.18 Å². The molecule has 9 heteroatoms. The summed E-state index contributed by atoms with van der Waals surface area (Å²) in [5.41, 5.74) is 5.27. The summed E-state index contributed by atoms with van der Waals surface area (Å²) in [5.74, 6) is 0.576. The summed E-state index contributed by atoms with van der Waals surface area (Å²) in [6, 6.07) is 3.26. The van der Waals surface area contributed by atoms with Crippen LogP contribution in [0.4, 0.5) is 19.1 Å². The number of rotatable bonds is 1. The van der Waals surface area contributed by atoms with Crippen molar-refractivity contribution in [2.75, 3.05) is 5.73 Å². The van der Waals surface area contributed by atoms with Crippen LogP contribution in [0.15, 0.2) is 18.2 Å². The van der Waals surface area contributed by atoms with Crippen LogP contribution in [0, 0.1) is 0 Å². The summed E-state index contributed by atoms with van der Waals surface area (Å²) in [7, 11) is 0. The molecular formula is C10H7F3N6. The Labute approximate surface area is 103 Å². The van der Waals surface area contributed by atoms with Crippen molar-refractivity contribution in [1.82, 2.24) is 25.1 Å². The second kappa shape index (κ2) is 3.70. The number of nitrogen functional groups attached to an aromatic ring is 1.